The minimum Gasteiger partial charge on any atom is -0.330 e. The highest BCUT2D eigenvalue weighted by molar-refractivity contribution is 8.02. The lowest BCUT2D eigenvalue weighted by atomic mass is 10.2. The van der Waals surface area contributed by atoms with Crippen LogP contribution in [0.5, 0.6) is 0 Å². The minimum atomic E-state index is -0.366. The summed E-state index contributed by atoms with van der Waals surface area (Å²) in [5.74, 6) is -0.447. The van der Waals surface area contributed by atoms with Gasteiger partial charge in [-0.2, -0.15) is 0 Å². The van der Waals surface area contributed by atoms with E-state index < -0.39 is 0 Å². The highest BCUT2D eigenvalue weighted by atomic mass is 35.5. The molecule has 3 aromatic rings. The average molecular weight is 423 g/mol. The van der Waals surface area contributed by atoms with Crippen LogP contribution in [0.2, 0.25) is 5.02 Å². The first-order valence-corrected chi connectivity index (χ1v) is 10.1. The molecule has 140 valence electrons. The van der Waals surface area contributed by atoms with E-state index in [1.807, 2.05) is 13.0 Å². The molecule has 0 radical (unpaired) electrons. The molecule has 1 heterocycles. The standard InChI is InChI=1S/C18H16ClFN4OS2/c1-10-3-4-12(19)9-15(10)22-16(25)11(2)26-18-24-23-17(27-18)21-14-7-5-13(20)6-8-14/h3-9,11H,1-2H3,(H,21,23)(H,22,25). The third-order valence-corrected chi connectivity index (χ3v) is 5.86. The van der Waals surface area contributed by atoms with Crippen LogP contribution in [0.15, 0.2) is 46.8 Å². The van der Waals surface area contributed by atoms with Crippen LogP contribution in [-0.4, -0.2) is 21.4 Å². The van der Waals surface area contributed by atoms with Gasteiger partial charge in [0.05, 0.1) is 5.25 Å². The number of hydrogen-bond acceptors (Lipinski definition) is 6. The summed E-state index contributed by atoms with van der Waals surface area (Å²) < 4.78 is 13.6. The van der Waals surface area contributed by atoms with Gasteiger partial charge in [-0.3, -0.25) is 4.79 Å². The fraction of sp³-hybridized carbons (Fsp3) is 0.167. The quantitative estimate of drug-likeness (QED) is 0.513. The Kier molecular flexibility index (Phi) is 6.30. The van der Waals surface area contributed by atoms with Gasteiger partial charge in [0, 0.05) is 16.4 Å². The number of aryl methyl sites for hydroxylation is 1. The van der Waals surface area contributed by atoms with E-state index in [4.69, 9.17) is 11.6 Å². The molecule has 0 saturated carbocycles. The molecule has 27 heavy (non-hydrogen) atoms. The molecule has 0 saturated heterocycles. The van der Waals surface area contributed by atoms with Crippen molar-refractivity contribution in [1.29, 1.82) is 0 Å². The Morgan fingerprint density at radius 3 is 2.70 bits per heavy atom. The normalized spacial score (nSPS) is 11.9. The Hall–Kier alpha value is -2.16. The molecule has 0 aliphatic heterocycles. The summed E-state index contributed by atoms with van der Waals surface area (Å²) in [6.07, 6.45) is 0. The lowest BCUT2D eigenvalue weighted by Crippen LogP contribution is -2.22. The van der Waals surface area contributed by atoms with Crippen LogP contribution in [0, 0.1) is 12.7 Å². The van der Waals surface area contributed by atoms with Gasteiger partial charge in [-0.1, -0.05) is 40.8 Å². The van der Waals surface area contributed by atoms with Gasteiger partial charge < -0.3 is 10.6 Å². The van der Waals surface area contributed by atoms with Crippen molar-refractivity contribution in [3.63, 3.8) is 0 Å². The maximum atomic E-state index is 13.0. The summed E-state index contributed by atoms with van der Waals surface area (Å²) in [5, 5.41) is 14.8. The van der Waals surface area contributed by atoms with Crippen LogP contribution in [0.1, 0.15) is 12.5 Å². The fourth-order valence-electron chi connectivity index (χ4n) is 2.13. The maximum absolute atomic E-state index is 13.0. The fourth-order valence-corrected chi connectivity index (χ4v) is 4.22. The third-order valence-electron chi connectivity index (χ3n) is 3.61. The number of anilines is 3. The van der Waals surface area contributed by atoms with Crippen molar-refractivity contribution in [2.45, 2.75) is 23.4 Å². The second-order valence-corrected chi connectivity index (χ2v) is 8.72. The summed E-state index contributed by atoms with van der Waals surface area (Å²) in [6, 6.07) is 11.3. The van der Waals surface area contributed by atoms with Crippen LogP contribution in [0.25, 0.3) is 0 Å². The molecule has 1 atom stereocenters. The molecule has 3 rings (SSSR count). The molecule has 0 aliphatic rings. The van der Waals surface area contributed by atoms with Gasteiger partial charge in [-0.15, -0.1) is 10.2 Å². The minimum absolute atomic E-state index is 0.145. The second kappa shape index (κ2) is 8.69. The Balaban J connectivity index is 1.59. The van der Waals surface area contributed by atoms with Crippen LogP contribution >= 0.6 is 34.7 Å². The number of rotatable bonds is 6. The topological polar surface area (TPSA) is 66.9 Å². The Bertz CT molecular complexity index is 949. The highest BCUT2D eigenvalue weighted by Crippen LogP contribution is 2.31. The van der Waals surface area contributed by atoms with Gasteiger partial charge in [0.25, 0.3) is 0 Å². The smallest absolute Gasteiger partial charge is 0.237 e. The summed E-state index contributed by atoms with van der Waals surface area (Å²) in [4.78, 5) is 12.4. The SMILES string of the molecule is Cc1ccc(Cl)cc1NC(=O)C(C)Sc1nnc(Nc2ccc(F)cc2)s1. The van der Waals surface area contributed by atoms with Gasteiger partial charge in [-0.25, -0.2) is 4.39 Å². The predicted molar refractivity (Wildman–Crippen MR) is 110 cm³/mol. The largest absolute Gasteiger partial charge is 0.330 e. The zero-order chi connectivity index (χ0) is 19.4. The summed E-state index contributed by atoms with van der Waals surface area (Å²) in [7, 11) is 0. The predicted octanol–water partition coefficient (Wildman–Crippen LogP) is 5.50. The molecular weight excluding hydrogens is 407 g/mol. The van der Waals surface area contributed by atoms with E-state index >= 15 is 0 Å². The van der Waals surface area contributed by atoms with Crippen molar-refractivity contribution in [3.05, 3.63) is 58.9 Å². The van der Waals surface area contributed by atoms with Crippen molar-refractivity contribution in [2.24, 2.45) is 0 Å². The molecular formula is C18H16ClFN4OS2. The Morgan fingerprint density at radius 2 is 1.96 bits per heavy atom. The van der Waals surface area contributed by atoms with Gasteiger partial charge in [0.2, 0.25) is 11.0 Å². The molecule has 9 heteroatoms. The number of carbonyl (C=O) groups is 1. The monoisotopic (exact) mass is 422 g/mol. The van der Waals surface area contributed by atoms with E-state index in [2.05, 4.69) is 20.8 Å². The van der Waals surface area contributed by atoms with Crippen LogP contribution < -0.4 is 10.6 Å². The Labute approximate surface area is 169 Å². The van der Waals surface area contributed by atoms with Gasteiger partial charge in [-0.05, 0) is 55.8 Å². The van der Waals surface area contributed by atoms with Crippen LogP contribution in [0.4, 0.5) is 20.9 Å². The van der Waals surface area contributed by atoms with E-state index in [1.54, 1.807) is 31.2 Å². The first-order chi connectivity index (χ1) is 12.9. The van der Waals surface area contributed by atoms with Gasteiger partial charge in [0.15, 0.2) is 4.34 Å². The lowest BCUT2D eigenvalue weighted by molar-refractivity contribution is -0.115. The van der Waals surface area contributed by atoms with Crippen LogP contribution in [0.3, 0.4) is 0 Å². The average Bonchev–Trinajstić information content (AvgIpc) is 3.07. The Morgan fingerprint density at radius 1 is 1.22 bits per heavy atom. The van der Waals surface area contributed by atoms with E-state index in [0.717, 1.165) is 5.56 Å². The molecule has 0 spiro atoms. The number of thioether (sulfide) groups is 1. The van der Waals surface area contributed by atoms with E-state index in [9.17, 15) is 9.18 Å². The summed E-state index contributed by atoms with van der Waals surface area (Å²) in [5.41, 5.74) is 2.34. The maximum Gasteiger partial charge on any atom is 0.237 e. The molecule has 1 aromatic heterocycles. The third kappa shape index (κ3) is 5.41. The van der Waals surface area contributed by atoms with E-state index in [1.165, 1.54) is 35.2 Å². The first-order valence-electron chi connectivity index (χ1n) is 8.00. The second-order valence-electron chi connectivity index (χ2n) is 5.71. The number of aromatic nitrogens is 2. The van der Waals surface area contributed by atoms with Crippen molar-refractivity contribution in [1.82, 2.24) is 10.2 Å². The van der Waals surface area contributed by atoms with E-state index in [-0.39, 0.29) is 17.0 Å². The molecule has 1 unspecified atom stereocenters. The first kappa shape index (κ1) is 19.6. The molecule has 0 aliphatic carbocycles. The summed E-state index contributed by atoms with van der Waals surface area (Å²) >= 11 is 8.63. The van der Waals surface area contributed by atoms with Crippen molar-refractivity contribution >= 4 is 57.1 Å². The van der Waals surface area contributed by atoms with Crippen molar-refractivity contribution in [3.8, 4) is 0 Å². The number of benzene rings is 2. The number of nitrogens with zero attached hydrogens (tertiary/aromatic N) is 2. The number of carbonyl (C=O) groups excluding carboxylic acids is 1. The molecule has 2 N–H and O–H groups in total. The molecule has 5 nitrogen and oxygen atoms in total. The zero-order valence-corrected chi connectivity index (χ0v) is 16.9. The van der Waals surface area contributed by atoms with Crippen molar-refractivity contribution < 1.29 is 9.18 Å². The summed E-state index contributed by atoms with van der Waals surface area (Å²) in [6.45, 7) is 3.70. The molecule has 1 amide bonds. The van der Waals surface area contributed by atoms with Crippen molar-refractivity contribution in [2.75, 3.05) is 10.6 Å². The molecule has 2 aromatic carbocycles. The van der Waals surface area contributed by atoms with Gasteiger partial charge in [0.1, 0.15) is 5.82 Å². The van der Waals surface area contributed by atoms with Gasteiger partial charge >= 0.3 is 0 Å². The number of nitrogens with one attached hydrogen (secondary N) is 2. The van der Waals surface area contributed by atoms with E-state index in [0.29, 0.717) is 25.9 Å². The number of halogens is 2. The zero-order valence-electron chi connectivity index (χ0n) is 14.5. The highest BCUT2D eigenvalue weighted by Gasteiger charge is 2.18. The number of amides is 1. The van der Waals surface area contributed by atoms with Crippen LogP contribution in [-0.2, 0) is 4.79 Å². The lowest BCUT2D eigenvalue weighted by Gasteiger charge is -2.12. The molecule has 0 bridgehead atoms. The number of hydrogen-bond donors (Lipinski definition) is 2. The molecule has 0 fully saturated rings.